The molecule has 1 aromatic rings. The van der Waals surface area contributed by atoms with Crippen LogP contribution in [0.4, 0.5) is 35.1 Å². The lowest BCUT2D eigenvalue weighted by Crippen LogP contribution is -2.65. The summed E-state index contributed by atoms with van der Waals surface area (Å²) < 4.78 is 109. The zero-order chi connectivity index (χ0) is 16.8. The first-order valence-corrected chi connectivity index (χ1v) is 5.85. The molecule has 0 aliphatic heterocycles. The van der Waals surface area contributed by atoms with Gasteiger partial charge in [0.25, 0.3) is 0 Å². The number of hydrogen-bond acceptors (Lipinski definition) is 1. The van der Waals surface area contributed by atoms with Crippen molar-refractivity contribution < 1.29 is 39.9 Å². The van der Waals surface area contributed by atoms with E-state index in [1.165, 1.54) is 24.3 Å². The van der Waals surface area contributed by atoms with Gasteiger partial charge in [0.2, 0.25) is 0 Å². The van der Waals surface area contributed by atoms with E-state index in [9.17, 15) is 35.1 Å². The summed E-state index contributed by atoms with van der Waals surface area (Å²) in [4.78, 5) is 0. The van der Waals surface area contributed by atoms with Crippen LogP contribution in [0.5, 0.6) is 0 Å². The van der Waals surface area contributed by atoms with Gasteiger partial charge in [-0.05, 0) is 5.56 Å². The fraction of sp³-hybridized carbons (Fsp3) is 0.385. The van der Waals surface area contributed by atoms with Gasteiger partial charge in [-0.1, -0.05) is 30.3 Å². The Hall–Kier alpha value is -1.80. The second-order valence-corrected chi connectivity index (χ2v) is 4.63. The van der Waals surface area contributed by atoms with Crippen LogP contribution in [0.2, 0.25) is 0 Å². The number of allylic oxidation sites excluding steroid dienone is 2. The average molecular weight is 332 g/mol. The van der Waals surface area contributed by atoms with Crippen molar-refractivity contribution in [1.82, 2.24) is 0 Å². The van der Waals surface area contributed by atoms with Gasteiger partial charge in [0.1, 0.15) is 6.61 Å². The minimum atomic E-state index is -6.29. The third-order valence-corrected chi connectivity index (χ3v) is 3.07. The normalized spacial score (nSPS) is 24.5. The Labute approximate surface area is 119 Å². The first-order chi connectivity index (χ1) is 9.93. The van der Waals surface area contributed by atoms with Gasteiger partial charge < -0.3 is 4.74 Å². The van der Waals surface area contributed by atoms with E-state index in [0.717, 1.165) is 0 Å². The zero-order valence-electron chi connectivity index (χ0n) is 10.6. The molecule has 0 bridgehead atoms. The largest absolute Gasteiger partial charge is 0.487 e. The van der Waals surface area contributed by atoms with Crippen molar-refractivity contribution in [3.8, 4) is 0 Å². The van der Waals surface area contributed by atoms with E-state index in [4.69, 9.17) is 0 Å². The topological polar surface area (TPSA) is 9.23 Å². The molecule has 0 radical (unpaired) electrons. The van der Waals surface area contributed by atoms with Crippen molar-refractivity contribution in [2.45, 2.75) is 30.3 Å². The first-order valence-electron chi connectivity index (χ1n) is 5.85. The minimum Gasteiger partial charge on any atom is -0.487 e. The highest BCUT2D eigenvalue weighted by Crippen LogP contribution is 2.59. The molecule has 2 rings (SSSR count). The highest BCUT2D eigenvalue weighted by atomic mass is 19.4. The first kappa shape index (κ1) is 16.6. The number of alkyl halides is 8. The Balaban J connectivity index is 2.36. The smallest absolute Gasteiger partial charge is 0.386 e. The Morgan fingerprint density at radius 2 is 1.32 bits per heavy atom. The number of ether oxygens (including phenoxy) is 1. The standard InChI is InChI=1S/C13H8F8O/c14-10(15)6-9(22-7-8-4-2-1-3-5-8)11(16,17)13(20,21)12(10,18)19/h1-6H,7H2. The molecule has 1 aromatic carbocycles. The Morgan fingerprint density at radius 3 is 1.86 bits per heavy atom. The molecular formula is C13H8F8O. The van der Waals surface area contributed by atoms with Gasteiger partial charge in [-0.25, -0.2) is 0 Å². The predicted octanol–water partition coefficient (Wildman–Crippen LogP) is 4.64. The summed E-state index contributed by atoms with van der Waals surface area (Å²) in [6.45, 7) is -0.750. The highest BCUT2D eigenvalue weighted by molar-refractivity contribution is 5.28. The van der Waals surface area contributed by atoms with E-state index in [1.807, 2.05) is 0 Å². The van der Waals surface area contributed by atoms with E-state index < -0.39 is 42.1 Å². The number of rotatable bonds is 3. The number of hydrogen-bond donors (Lipinski definition) is 0. The van der Waals surface area contributed by atoms with Crippen molar-refractivity contribution >= 4 is 0 Å². The molecule has 0 saturated carbocycles. The Bertz CT molecular complexity index is 579. The molecule has 9 heteroatoms. The summed E-state index contributed by atoms with van der Waals surface area (Å²) in [7, 11) is 0. The molecular weight excluding hydrogens is 324 g/mol. The molecule has 0 amide bonds. The Morgan fingerprint density at radius 1 is 0.773 bits per heavy atom. The van der Waals surface area contributed by atoms with Crippen molar-refractivity contribution in [2.24, 2.45) is 0 Å². The summed E-state index contributed by atoms with van der Waals surface area (Å²) in [5.41, 5.74) is 0.211. The van der Waals surface area contributed by atoms with Gasteiger partial charge in [0, 0.05) is 6.08 Å². The minimum absolute atomic E-state index is 0.211. The van der Waals surface area contributed by atoms with Crippen molar-refractivity contribution in [3.63, 3.8) is 0 Å². The quantitative estimate of drug-likeness (QED) is 0.733. The van der Waals surface area contributed by atoms with Crippen molar-refractivity contribution in [3.05, 3.63) is 47.7 Å². The molecule has 0 heterocycles. The molecule has 0 saturated heterocycles. The van der Waals surface area contributed by atoms with Crippen LogP contribution in [0.1, 0.15) is 5.56 Å². The van der Waals surface area contributed by atoms with Gasteiger partial charge in [-0.3, -0.25) is 0 Å². The maximum absolute atomic E-state index is 13.4. The van der Waals surface area contributed by atoms with Crippen LogP contribution in [0.3, 0.4) is 0 Å². The molecule has 0 N–H and O–H groups in total. The Kier molecular flexibility index (Phi) is 3.65. The summed E-state index contributed by atoms with van der Waals surface area (Å²) in [6.07, 6.45) is -0.951. The average Bonchev–Trinajstić information content (AvgIpc) is 2.42. The second kappa shape index (κ2) is 4.85. The fourth-order valence-corrected chi connectivity index (χ4v) is 1.77. The zero-order valence-corrected chi connectivity index (χ0v) is 10.6. The van der Waals surface area contributed by atoms with E-state index in [-0.39, 0.29) is 5.56 Å². The lowest BCUT2D eigenvalue weighted by atomic mass is 9.90. The fourth-order valence-electron chi connectivity index (χ4n) is 1.77. The van der Waals surface area contributed by atoms with Crippen LogP contribution in [0.25, 0.3) is 0 Å². The third-order valence-electron chi connectivity index (χ3n) is 3.07. The highest BCUT2D eigenvalue weighted by Gasteiger charge is 2.84. The van der Waals surface area contributed by atoms with E-state index in [0.29, 0.717) is 0 Å². The molecule has 0 aromatic heterocycles. The van der Waals surface area contributed by atoms with Gasteiger partial charge in [0.15, 0.2) is 5.76 Å². The number of halogens is 8. The summed E-state index contributed by atoms with van der Waals surface area (Å²) in [5.74, 6) is -25.7. The number of benzene rings is 1. The van der Waals surface area contributed by atoms with E-state index in [2.05, 4.69) is 4.74 Å². The molecule has 1 nitrogen and oxygen atoms in total. The molecule has 1 aliphatic carbocycles. The SMILES string of the molecule is FC1(F)C=C(OCc2ccccc2)C(F)(F)C(F)(F)C1(F)F. The summed E-state index contributed by atoms with van der Waals surface area (Å²) in [6, 6.07) is 7.19. The molecule has 0 unspecified atom stereocenters. The van der Waals surface area contributed by atoms with Gasteiger partial charge in [0.05, 0.1) is 0 Å². The van der Waals surface area contributed by atoms with E-state index in [1.54, 1.807) is 6.07 Å². The summed E-state index contributed by atoms with van der Waals surface area (Å²) in [5, 5.41) is 0. The van der Waals surface area contributed by atoms with Gasteiger partial charge in [-0.15, -0.1) is 0 Å². The molecule has 0 fully saturated rings. The molecule has 0 spiro atoms. The van der Waals surface area contributed by atoms with Crippen LogP contribution in [-0.4, -0.2) is 23.7 Å². The second-order valence-electron chi connectivity index (χ2n) is 4.63. The molecule has 122 valence electrons. The maximum Gasteiger partial charge on any atom is 0.386 e. The van der Waals surface area contributed by atoms with Crippen molar-refractivity contribution in [2.75, 3.05) is 0 Å². The van der Waals surface area contributed by atoms with Gasteiger partial charge >= 0.3 is 23.7 Å². The monoisotopic (exact) mass is 332 g/mol. The lowest BCUT2D eigenvalue weighted by molar-refractivity contribution is -0.363. The molecule has 0 atom stereocenters. The lowest BCUT2D eigenvalue weighted by Gasteiger charge is -2.40. The van der Waals surface area contributed by atoms with Crippen molar-refractivity contribution in [1.29, 1.82) is 0 Å². The van der Waals surface area contributed by atoms with Crippen LogP contribution in [0.15, 0.2) is 42.2 Å². The van der Waals surface area contributed by atoms with Crippen LogP contribution >= 0.6 is 0 Å². The third kappa shape index (κ3) is 2.22. The maximum atomic E-state index is 13.4. The van der Waals surface area contributed by atoms with Crippen LogP contribution in [-0.2, 0) is 11.3 Å². The van der Waals surface area contributed by atoms with Gasteiger partial charge in [-0.2, -0.15) is 35.1 Å². The van der Waals surface area contributed by atoms with E-state index >= 15 is 0 Å². The molecule has 1 aliphatic rings. The van der Waals surface area contributed by atoms with Crippen LogP contribution < -0.4 is 0 Å². The summed E-state index contributed by atoms with van der Waals surface area (Å²) >= 11 is 0. The van der Waals surface area contributed by atoms with Crippen LogP contribution in [0, 0.1) is 0 Å². The molecule has 22 heavy (non-hydrogen) atoms. The predicted molar refractivity (Wildman–Crippen MR) is 59.1 cm³/mol.